The van der Waals surface area contributed by atoms with Crippen molar-refractivity contribution in [3.63, 3.8) is 0 Å². The number of methoxy groups -OCH3 is 1. The highest BCUT2D eigenvalue weighted by Crippen LogP contribution is 2.28. The van der Waals surface area contributed by atoms with Crippen LogP contribution in [0.2, 0.25) is 0 Å². The Balaban J connectivity index is 2.24. The normalized spacial score (nSPS) is 17.4. The Morgan fingerprint density at radius 2 is 2.10 bits per heavy atom. The molecule has 0 bridgehead atoms. The fourth-order valence-corrected chi connectivity index (χ4v) is 1.95. The molecular weight excluding hydrogens is 278 g/mol. The van der Waals surface area contributed by atoms with Gasteiger partial charge in [-0.2, -0.15) is 0 Å². The van der Waals surface area contributed by atoms with E-state index < -0.39 is 24.1 Å². The van der Waals surface area contributed by atoms with Gasteiger partial charge in [0.15, 0.2) is 0 Å². The van der Waals surface area contributed by atoms with Gasteiger partial charge in [-0.15, -0.1) is 0 Å². The average molecular weight is 293 g/mol. The van der Waals surface area contributed by atoms with E-state index in [1.54, 1.807) is 25.1 Å². The zero-order chi connectivity index (χ0) is 15.6. The van der Waals surface area contributed by atoms with Gasteiger partial charge in [-0.05, 0) is 18.6 Å². The van der Waals surface area contributed by atoms with E-state index in [9.17, 15) is 14.4 Å². The van der Waals surface area contributed by atoms with Gasteiger partial charge >= 0.3 is 18.0 Å². The number of cyclic esters (lactones) is 1. The molecular formula is C14H15NO6. The Labute approximate surface area is 121 Å². The number of carbonyl (C=O) groups excluding carboxylic acids is 3. The highest BCUT2D eigenvalue weighted by atomic mass is 16.6. The minimum atomic E-state index is -0.957. The number of anilines is 1. The van der Waals surface area contributed by atoms with E-state index in [0.29, 0.717) is 11.4 Å². The van der Waals surface area contributed by atoms with Crippen LogP contribution in [-0.2, 0) is 19.1 Å². The number of nitrogens with zero attached hydrogens (tertiary/aromatic N) is 1. The minimum absolute atomic E-state index is 0.0497. The summed E-state index contributed by atoms with van der Waals surface area (Å²) in [5.41, 5.74) is 1.24. The van der Waals surface area contributed by atoms with Crippen molar-refractivity contribution in [3.8, 4) is 5.75 Å². The second-order valence-corrected chi connectivity index (χ2v) is 4.55. The summed E-state index contributed by atoms with van der Waals surface area (Å²) in [4.78, 5) is 35.6. The molecule has 21 heavy (non-hydrogen) atoms. The molecule has 1 aromatic carbocycles. The van der Waals surface area contributed by atoms with Crippen LogP contribution in [0.4, 0.5) is 10.5 Å². The van der Waals surface area contributed by atoms with Crippen molar-refractivity contribution in [1.29, 1.82) is 0 Å². The number of hydrogen-bond acceptors (Lipinski definition) is 6. The number of carbonyl (C=O) groups is 3. The van der Waals surface area contributed by atoms with Gasteiger partial charge in [0.05, 0.1) is 19.3 Å². The maximum absolute atomic E-state index is 11.8. The molecule has 112 valence electrons. The smallest absolute Gasteiger partial charge is 0.415 e. The van der Waals surface area contributed by atoms with Crippen molar-refractivity contribution < 1.29 is 28.6 Å². The highest BCUT2D eigenvalue weighted by molar-refractivity contribution is 5.94. The summed E-state index contributed by atoms with van der Waals surface area (Å²) in [5.74, 6) is -0.709. The molecule has 0 unspecified atom stereocenters. The molecule has 1 aliphatic rings. The van der Waals surface area contributed by atoms with Gasteiger partial charge in [-0.25, -0.2) is 9.59 Å². The lowest BCUT2D eigenvalue weighted by Crippen LogP contribution is -2.28. The van der Waals surface area contributed by atoms with E-state index in [1.807, 2.05) is 0 Å². The van der Waals surface area contributed by atoms with Crippen LogP contribution < -0.4 is 9.64 Å². The molecule has 1 saturated heterocycles. The molecule has 2 rings (SSSR count). The monoisotopic (exact) mass is 293 g/mol. The number of rotatable bonds is 3. The number of amides is 1. The van der Waals surface area contributed by atoms with E-state index in [0.717, 1.165) is 5.56 Å². The Hall–Kier alpha value is -2.57. The summed E-state index contributed by atoms with van der Waals surface area (Å²) in [5, 5.41) is 0. The quantitative estimate of drug-likeness (QED) is 0.619. The topological polar surface area (TPSA) is 82.1 Å². The van der Waals surface area contributed by atoms with Crippen LogP contribution >= 0.6 is 0 Å². The molecule has 0 spiro atoms. The summed E-state index contributed by atoms with van der Waals surface area (Å²) >= 11 is 0. The van der Waals surface area contributed by atoms with E-state index in [4.69, 9.17) is 9.47 Å². The Kier molecular flexibility index (Phi) is 4.11. The molecule has 1 amide bonds. The van der Waals surface area contributed by atoms with Gasteiger partial charge in [0.1, 0.15) is 5.75 Å². The molecule has 1 atom stereocenters. The third-order valence-corrected chi connectivity index (χ3v) is 3.01. The first-order valence-corrected chi connectivity index (χ1v) is 6.27. The number of esters is 2. The molecule has 1 heterocycles. The Bertz CT molecular complexity index is 597. The van der Waals surface area contributed by atoms with Gasteiger partial charge in [-0.3, -0.25) is 9.69 Å². The molecule has 0 aromatic heterocycles. The van der Waals surface area contributed by atoms with Gasteiger partial charge < -0.3 is 14.2 Å². The van der Waals surface area contributed by atoms with E-state index >= 15 is 0 Å². The number of benzene rings is 1. The molecule has 1 fully saturated rings. The van der Waals surface area contributed by atoms with Crippen LogP contribution in [0.3, 0.4) is 0 Å². The molecule has 0 saturated carbocycles. The van der Waals surface area contributed by atoms with Crippen LogP contribution in [0.15, 0.2) is 18.2 Å². The first-order valence-electron chi connectivity index (χ1n) is 6.27. The van der Waals surface area contributed by atoms with Gasteiger partial charge in [-0.1, -0.05) is 6.07 Å². The highest BCUT2D eigenvalue weighted by Gasteiger charge is 2.37. The summed E-state index contributed by atoms with van der Waals surface area (Å²) in [6.45, 7) is 3.12. The predicted molar refractivity (Wildman–Crippen MR) is 72.1 cm³/mol. The van der Waals surface area contributed by atoms with Crippen LogP contribution in [0.1, 0.15) is 12.5 Å². The lowest BCUT2D eigenvalue weighted by Gasteiger charge is -2.15. The van der Waals surface area contributed by atoms with Crippen molar-refractivity contribution in [2.24, 2.45) is 0 Å². The lowest BCUT2D eigenvalue weighted by atomic mass is 10.2. The SMILES string of the molecule is COC(=O)[C@H]1CN(c2ccc(C)c(OC(C)=O)c2)C(=O)O1. The van der Waals surface area contributed by atoms with Crippen LogP contribution in [0, 0.1) is 6.92 Å². The summed E-state index contributed by atoms with van der Waals surface area (Å²) in [6, 6.07) is 4.95. The van der Waals surface area contributed by atoms with Gasteiger partial charge in [0.25, 0.3) is 0 Å². The second kappa shape index (κ2) is 5.82. The zero-order valence-corrected chi connectivity index (χ0v) is 11.9. The van der Waals surface area contributed by atoms with Crippen molar-refractivity contribution in [2.45, 2.75) is 20.0 Å². The second-order valence-electron chi connectivity index (χ2n) is 4.55. The zero-order valence-electron chi connectivity index (χ0n) is 11.9. The Morgan fingerprint density at radius 3 is 2.71 bits per heavy atom. The molecule has 1 aromatic rings. The van der Waals surface area contributed by atoms with Crippen molar-refractivity contribution in [3.05, 3.63) is 23.8 Å². The third-order valence-electron chi connectivity index (χ3n) is 3.01. The standard InChI is InChI=1S/C14H15NO6/c1-8-4-5-10(6-11(8)20-9(2)16)15-7-12(13(17)19-3)21-14(15)18/h4-6,12H,7H2,1-3H3/t12-/m1/s1. The van der Waals surface area contributed by atoms with Gasteiger partial charge in [0.2, 0.25) is 6.10 Å². The summed E-state index contributed by atoms with van der Waals surface area (Å²) in [6.07, 6.45) is -1.61. The third kappa shape index (κ3) is 3.13. The summed E-state index contributed by atoms with van der Waals surface area (Å²) < 4.78 is 14.6. The molecule has 0 N–H and O–H groups in total. The first-order chi connectivity index (χ1) is 9.92. The van der Waals surface area contributed by atoms with Crippen molar-refractivity contribution >= 4 is 23.7 Å². The van der Waals surface area contributed by atoms with Crippen molar-refractivity contribution in [2.75, 3.05) is 18.6 Å². The lowest BCUT2D eigenvalue weighted by molar-refractivity contribution is -0.148. The first kappa shape index (κ1) is 14.8. The molecule has 1 aliphatic heterocycles. The molecule has 7 heteroatoms. The number of aryl methyl sites for hydroxylation is 1. The van der Waals surface area contributed by atoms with Gasteiger partial charge in [0, 0.05) is 13.0 Å². The molecule has 0 aliphatic carbocycles. The van der Waals surface area contributed by atoms with Crippen LogP contribution in [-0.4, -0.2) is 37.8 Å². The predicted octanol–water partition coefficient (Wildman–Crippen LogP) is 1.42. The largest absolute Gasteiger partial charge is 0.466 e. The molecule has 0 radical (unpaired) electrons. The number of hydrogen-bond donors (Lipinski definition) is 0. The Morgan fingerprint density at radius 1 is 1.38 bits per heavy atom. The molecule has 7 nitrogen and oxygen atoms in total. The average Bonchev–Trinajstić information content (AvgIpc) is 2.82. The van der Waals surface area contributed by atoms with Crippen LogP contribution in [0.5, 0.6) is 5.75 Å². The summed E-state index contributed by atoms with van der Waals surface area (Å²) in [7, 11) is 1.23. The fourth-order valence-electron chi connectivity index (χ4n) is 1.95. The number of ether oxygens (including phenoxy) is 3. The van der Waals surface area contributed by atoms with Crippen molar-refractivity contribution in [1.82, 2.24) is 0 Å². The van der Waals surface area contributed by atoms with Crippen LogP contribution in [0.25, 0.3) is 0 Å². The maximum Gasteiger partial charge on any atom is 0.415 e. The fraction of sp³-hybridized carbons (Fsp3) is 0.357. The van der Waals surface area contributed by atoms with E-state index in [-0.39, 0.29) is 6.54 Å². The minimum Gasteiger partial charge on any atom is -0.466 e. The maximum atomic E-state index is 11.8. The van der Waals surface area contributed by atoms with E-state index in [2.05, 4.69) is 4.74 Å². The van der Waals surface area contributed by atoms with E-state index in [1.165, 1.54) is 18.9 Å².